The summed E-state index contributed by atoms with van der Waals surface area (Å²) in [6.07, 6.45) is 6.40. The Morgan fingerprint density at radius 1 is 1.05 bits per heavy atom. The van der Waals surface area contributed by atoms with Crippen molar-refractivity contribution in [1.29, 1.82) is 0 Å². The maximum Gasteiger partial charge on any atom is 0.203 e. The molecule has 1 aromatic rings. The number of methoxy groups -OCH3 is 2. The smallest absolute Gasteiger partial charge is 0.203 e. The summed E-state index contributed by atoms with van der Waals surface area (Å²) in [5, 5.41) is 3.51. The van der Waals surface area contributed by atoms with Crippen molar-refractivity contribution in [2.75, 3.05) is 20.8 Å². The molecule has 1 N–H and O–H groups in total. The second kappa shape index (κ2) is 6.56. The number of benzene rings is 1. The van der Waals surface area contributed by atoms with Crippen molar-refractivity contribution >= 4 is 0 Å². The molecule has 1 aromatic carbocycles. The van der Waals surface area contributed by atoms with Gasteiger partial charge in [0.15, 0.2) is 11.5 Å². The van der Waals surface area contributed by atoms with Crippen molar-refractivity contribution in [3.8, 4) is 17.2 Å². The van der Waals surface area contributed by atoms with Gasteiger partial charge in [-0.15, -0.1) is 0 Å². The Morgan fingerprint density at radius 2 is 1.71 bits per heavy atom. The van der Waals surface area contributed by atoms with Crippen molar-refractivity contribution in [3.05, 3.63) is 17.7 Å². The number of hydrogen-bond acceptors (Lipinski definition) is 4. The summed E-state index contributed by atoms with van der Waals surface area (Å²) in [7, 11) is 3.36. The van der Waals surface area contributed by atoms with Gasteiger partial charge in [0.05, 0.1) is 20.8 Å². The molecule has 0 spiro atoms. The van der Waals surface area contributed by atoms with Crippen molar-refractivity contribution in [3.63, 3.8) is 0 Å². The molecule has 4 heteroatoms. The highest BCUT2D eigenvalue weighted by molar-refractivity contribution is 5.53. The second-order valence-electron chi connectivity index (χ2n) is 6.07. The van der Waals surface area contributed by atoms with Gasteiger partial charge in [-0.3, -0.25) is 0 Å². The van der Waals surface area contributed by atoms with E-state index in [9.17, 15) is 0 Å². The van der Waals surface area contributed by atoms with Crippen molar-refractivity contribution in [2.24, 2.45) is 5.92 Å². The summed E-state index contributed by atoms with van der Waals surface area (Å²) in [5.74, 6) is 3.12. The Morgan fingerprint density at radius 3 is 2.24 bits per heavy atom. The summed E-state index contributed by atoms with van der Waals surface area (Å²) in [6.45, 7) is 1.58. The fraction of sp³-hybridized carbons (Fsp3) is 0.647. The number of rotatable bonds is 9. The third-order valence-corrected chi connectivity index (χ3v) is 4.16. The molecule has 4 nitrogen and oxygen atoms in total. The SMILES string of the molecule is COc1cc(CNC2CC2)cc(OC)c1OCCC1CC1. The highest BCUT2D eigenvalue weighted by Gasteiger charge is 2.23. The average Bonchev–Trinajstić information content (AvgIpc) is 3.38. The molecule has 0 amide bonds. The molecule has 0 atom stereocenters. The predicted molar refractivity (Wildman–Crippen MR) is 82.2 cm³/mol. The van der Waals surface area contributed by atoms with E-state index < -0.39 is 0 Å². The molecule has 3 rings (SSSR count). The highest BCUT2D eigenvalue weighted by atomic mass is 16.5. The minimum Gasteiger partial charge on any atom is -0.493 e. The van der Waals surface area contributed by atoms with Gasteiger partial charge >= 0.3 is 0 Å². The van der Waals surface area contributed by atoms with Crippen molar-refractivity contribution in [2.45, 2.75) is 44.7 Å². The third-order valence-electron chi connectivity index (χ3n) is 4.16. The first-order valence-corrected chi connectivity index (χ1v) is 7.91. The Kier molecular flexibility index (Phi) is 4.54. The van der Waals surface area contributed by atoms with Gasteiger partial charge in [-0.25, -0.2) is 0 Å². The molecule has 2 aliphatic rings. The molecule has 0 aliphatic heterocycles. The van der Waals surface area contributed by atoms with Crippen LogP contribution < -0.4 is 19.5 Å². The van der Waals surface area contributed by atoms with E-state index in [-0.39, 0.29) is 0 Å². The maximum absolute atomic E-state index is 5.92. The first-order valence-electron chi connectivity index (χ1n) is 7.91. The molecule has 0 saturated heterocycles. The van der Waals surface area contributed by atoms with Crippen molar-refractivity contribution < 1.29 is 14.2 Å². The first-order chi connectivity index (χ1) is 10.3. The molecular formula is C17H25NO3. The van der Waals surface area contributed by atoms with Crippen LogP contribution in [0.1, 0.15) is 37.7 Å². The van der Waals surface area contributed by atoms with E-state index in [2.05, 4.69) is 5.32 Å². The molecule has 0 unspecified atom stereocenters. The molecule has 2 fully saturated rings. The lowest BCUT2D eigenvalue weighted by Crippen LogP contribution is -2.15. The highest BCUT2D eigenvalue weighted by Crippen LogP contribution is 2.40. The Labute approximate surface area is 126 Å². The first kappa shape index (κ1) is 14.5. The van der Waals surface area contributed by atoms with E-state index in [1.165, 1.54) is 31.2 Å². The summed E-state index contributed by atoms with van der Waals surface area (Å²) >= 11 is 0. The van der Waals surface area contributed by atoms with Gasteiger partial charge in [-0.2, -0.15) is 0 Å². The van der Waals surface area contributed by atoms with Gasteiger partial charge in [0, 0.05) is 12.6 Å². The molecule has 0 radical (unpaired) electrons. The van der Waals surface area contributed by atoms with Gasteiger partial charge in [0.2, 0.25) is 5.75 Å². The number of hydrogen-bond donors (Lipinski definition) is 1. The minimum absolute atomic E-state index is 0.691. The molecule has 2 aliphatic carbocycles. The molecule has 116 valence electrons. The summed E-state index contributed by atoms with van der Waals surface area (Å²) in [6, 6.07) is 4.78. The van der Waals surface area contributed by atoms with Crippen LogP contribution in [0.3, 0.4) is 0 Å². The zero-order valence-electron chi connectivity index (χ0n) is 13.0. The van der Waals surface area contributed by atoms with Gasteiger partial charge in [0.1, 0.15) is 0 Å². The Balaban J connectivity index is 1.68. The lowest BCUT2D eigenvalue weighted by atomic mass is 10.1. The van der Waals surface area contributed by atoms with E-state index in [0.717, 1.165) is 42.7 Å². The number of nitrogens with one attached hydrogen (secondary N) is 1. The van der Waals surface area contributed by atoms with Crippen LogP contribution in [-0.4, -0.2) is 26.9 Å². The van der Waals surface area contributed by atoms with Crippen LogP contribution in [0, 0.1) is 5.92 Å². The standard InChI is InChI=1S/C17H25NO3/c1-19-15-9-13(11-18-14-5-6-14)10-16(20-2)17(15)21-8-7-12-3-4-12/h9-10,12,14,18H,3-8,11H2,1-2H3. The monoisotopic (exact) mass is 291 g/mol. The Hall–Kier alpha value is -1.42. The van der Waals surface area contributed by atoms with Crippen LogP contribution >= 0.6 is 0 Å². The molecule has 21 heavy (non-hydrogen) atoms. The van der Waals surface area contributed by atoms with Crippen LogP contribution in [0.15, 0.2) is 12.1 Å². The Bertz CT molecular complexity index is 456. The van der Waals surface area contributed by atoms with E-state index in [1.54, 1.807) is 14.2 Å². The van der Waals surface area contributed by atoms with E-state index in [1.807, 2.05) is 12.1 Å². The number of ether oxygens (including phenoxy) is 3. The summed E-state index contributed by atoms with van der Waals surface area (Å²) < 4.78 is 16.9. The normalized spacial score (nSPS) is 17.6. The van der Waals surface area contributed by atoms with Crippen LogP contribution in [-0.2, 0) is 6.54 Å². The summed E-state index contributed by atoms with van der Waals surface area (Å²) in [4.78, 5) is 0. The third kappa shape index (κ3) is 4.03. The van der Waals surface area contributed by atoms with Crippen LogP contribution in [0.25, 0.3) is 0 Å². The predicted octanol–water partition coefficient (Wildman–Crippen LogP) is 3.13. The van der Waals surface area contributed by atoms with E-state index >= 15 is 0 Å². The van der Waals surface area contributed by atoms with E-state index in [0.29, 0.717) is 6.04 Å². The fourth-order valence-corrected chi connectivity index (χ4v) is 2.46. The van der Waals surface area contributed by atoms with Crippen LogP contribution in [0.2, 0.25) is 0 Å². The minimum atomic E-state index is 0.691. The van der Waals surface area contributed by atoms with Crippen molar-refractivity contribution in [1.82, 2.24) is 5.32 Å². The summed E-state index contributed by atoms with van der Waals surface area (Å²) in [5.41, 5.74) is 1.17. The zero-order valence-corrected chi connectivity index (χ0v) is 13.0. The second-order valence-corrected chi connectivity index (χ2v) is 6.07. The molecule has 0 bridgehead atoms. The average molecular weight is 291 g/mol. The molecule has 0 aromatic heterocycles. The maximum atomic E-state index is 5.92. The lowest BCUT2D eigenvalue weighted by molar-refractivity contribution is 0.265. The largest absolute Gasteiger partial charge is 0.493 e. The van der Waals surface area contributed by atoms with Crippen LogP contribution in [0.5, 0.6) is 17.2 Å². The van der Waals surface area contributed by atoms with Gasteiger partial charge in [-0.1, -0.05) is 12.8 Å². The quantitative estimate of drug-likeness (QED) is 0.759. The fourth-order valence-electron chi connectivity index (χ4n) is 2.46. The molecular weight excluding hydrogens is 266 g/mol. The van der Waals surface area contributed by atoms with E-state index in [4.69, 9.17) is 14.2 Å². The zero-order chi connectivity index (χ0) is 14.7. The topological polar surface area (TPSA) is 39.7 Å². The van der Waals surface area contributed by atoms with Gasteiger partial charge in [0.25, 0.3) is 0 Å². The lowest BCUT2D eigenvalue weighted by Gasteiger charge is -2.16. The van der Waals surface area contributed by atoms with Crippen LogP contribution in [0.4, 0.5) is 0 Å². The van der Waals surface area contributed by atoms with Gasteiger partial charge in [-0.05, 0) is 42.9 Å². The molecule has 2 saturated carbocycles. The van der Waals surface area contributed by atoms with Gasteiger partial charge < -0.3 is 19.5 Å². The molecule has 0 heterocycles.